The molecular formula is C10H17N5O4. The number of aromatic nitrogens is 2. The number of hydrogen-bond donors (Lipinski definition) is 6. The Bertz CT molecular complexity index is 476. The van der Waals surface area contributed by atoms with Crippen molar-refractivity contribution in [2.45, 2.75) is 31.5 Å². The number of ether oxygens (including phenoxy) is 1. The molecule has 9 nitrogen and oxygen atoms in total. The van der Waals surface area contributed by atoms with Crippen molar-refractivity contribution in [3.63, 3.8) is 0 Å². The number of guanidine groups is 1. The predicted octanol–water partition coefficient (Wildman–Crippen LogP) is -1.89. The van der Waals surface area contributed by atoms with Crippen LogP contribution in [0.4, 0.5) is 5.82 Å². The number of imidazole rings is 1. The highest BCUT2D eigenvalue weighted by Gasteiger charge is 2.43. The summed E-state index contributed by atoms with van der Waals surface area (Å²) in [5.74, 6) is 0.111. The summed E-state index contributed by atoms with van der Waals surface area (Å²) in [6.07, 6.45) is -2.62. The van der Waals surface area contributed by atoms with Crippen molar-refractivity contribution in [1.82, 2.24) is 9.55 Å². The topological polar surface area (TPSA) is 150 Å². The SMILES string of the molecule is Cc1c(NC(=N)N)ncn1[C@@H]1O[C@H](CO)[C@@H](O)[C@H]1O. The van der Waals surface area contributed by atoms with E-state index in [9.17, 15) is 10.2 Å². The summed E-state index contributed by atoms with van der Waals surface area (Å²) in [6.45, 7) is 1.31. The number of anilines is 1. The van der Waals surface area contributed by atoms with Crippen molar-refractivity contribution >= 4 is 11.8 Å². The van der Waals surface area contributed by atoms with E-state index in [0.29, 0.717) is 11.5 Å². The first-order chi connectivity index (χ1) is 8.95. The van der Waals surface area contributed by atoms with Crippen LogP contribution in [0, 0.1) is 12.3 Å². The van der Waals surface area contributed by atoms with E-state index in [2.05, 4.69) is 10.3 Å². The highest BCUT2D eigenvalue weighted by Crippen LogP contribution is 2.31. The summed E-state index contributed by atoms with van der Waals surface area (Å²) in [5, 5.41) is 38.3. The van der Waals surface area contributed by atoms with Crippen LogP contribution in [-0.4, -0.2) is 55.7 Å². The fraction of sp³-hybridized carbons (Fsp3) is 0.600. The molecule has 106 valence electrons. The first-order valence-electron chi connectivity index (χ1n) is 5.72. The van der Waals surface area contributed by atoms with E-state index in [-0.39, 0.29) is 12.6 Å². The van der Waals surface area contributed by atoms with Crippen molar-refractivity contribution in [2.75, 3.05) is 11.9 Å². The Kier molecular flexibility index (Phi) is 3.71. The molecular weight excluding hydrogens is 254 g/mol. The van der Waals surface area contributed by atoms with Gasteiger partial charge in [0, 0.05) is 0 Å². The van der Waals surface area contributed by atoms with Gasteiger partial charge in [-0.25, -0.2) is 4.98 Å². The van der Waals surface area contributed by atoms with Crippen LogP contribution in [0.1, 0.15) is 11.9 Å². The molecule has 0 aliphatic carbocycles. The maximum atomic E-state index is 9.91. The number of hydrogen-bond acceptors (Lipinski definition) is 6. The highest BCUT2D eigenvalue weighted by atomic mass is 16.6. The maximum absolute atomic E-state index is 9.91. The summed E-state index contributed by atoms with van der Waals surface area (Å²) in [5.41, 5.74) is 5.81. The third-order valence-corrected chi connectivity index (χ3v) is 3.09. The Hall–Kier alpha value is -1.68. The van der Waals surface area contributed by atoms with Gasteiger partial charge in [-0.15, -0.1) is 0 Å². The fourth-order valence-electron chi connectivity index (χ4n) is 2.04. The lowest BCUT2D eigenvalue weighted by atomic mass is 10.1. The van der Waals surface area contributed by atoms with E-state index < -0.39 is 24.5 Å². The van der Waals surface area contributed by atoms with Gasteiger partial charge in [0.1, 0.15) is 18.3 Å². The third-order valence-electron chi connectivity index (χ3n) is 3.09. The molecule has 1 aliphatic rings. The van der Waals surface area contributed by atoms with E-state index in [1.165, 1.54) is 10.9 Å². The van der Waals surface area contributed by atoms with Gasteiger partial charge < -0.3 is 35.7 Å². The molecule has 1 aromatic heterocycles. The molecule has 1 fully saturated rings. The Morgan fingerprint density at radius 1 is 1.58 bits per heavy atom. The molecule has 1 saturated heterocycles. The highest BCUT2D eigenvalue weighted by molar-refractivity contribution is 5.89. The summed E-state index contributed by atoms with van der Waals surface area (Å²) >= 11 is 0. The van der Waals surface area contributed by atoms with E-state index in [0.717, 1.165) is 0 Å². The molecule has 0 amide bonds. The standard InChI is InChI=1S/C10H17N5O4/c1-4-8(14-10(11)12)13-3-15(4)9-7(18)6(17)5(2-16)19-9/h3,5-7,9,16-18H,2H2,1H3,(H4,11,12,14)/t5-,6-,7-,9-/m1/s1. The zero-order valence-electron chi connectivity index (χ0n) is 10.3. The van der Waals surface area contributed by atoms with Crippen molar-refractivity contribution in [3.8, 4) is 0 Å². The van der Waals surface area contributed by atoms with Crippen molar-refractivity contribution in [2.24, 2.45) is 5.73 Å². The minimum atomic E-state index is -1.17. The Morgan fingerprint density at radius 2 is 2.26 bits per heavy atom. The molecule has 4 atom stereocenters. The zero-order valence-corrected chi connectivity index (χ0v) is 10.3. The molecule has 0 aromatic carbocycles. The van der Waals surface area contributed by atoms with Crippen LogP contribution in [-0.2, 0) is 4.74 Å². The number of nitrogens with zero attached hydrogens (tertiary/aromatic N) is 2. The van der Waals surface area contributed by atoms with E-state index in [1.807, 2.05) is 0 Å². The van der Waals surface area contributed by atoms with Gasteiger partial charge in [0.2, 0.25) is 0 Å². The van der Waals surface area contributed by atoms with Crippen LogP contribution in [0.2, 0.25) is 0 Å². The molecule has 0 radical (unpaired) electrons. The summed E-state index contributed by atoms with van der Waals surface area (Å²) < 4.78 is 6.89. The zero-order chi connectivity index (χ0) is 14.2. The van der Waals surface area contributed by atoms with Gasteiger partial charge >= 0.3 is 0 Å². The summed E-state index contributed by atoms with van der Waals surface area (Å²) in [4.78, 5) is 4.01. The lowest BCUT2D eigenvalue weighted by Crippen LogP contribution is -2.33. The van der Waals surface area contributed by atoms with Gasteiger partial charge in [-0.05, 0) is 6.92 Å². The van der Waals surface area contributed by atoms with Gasteiger partial charge in [-0.3, -0.25) is 5.41 Å². The second-order valence-electron chi connectivity index (χ2n) is 4.35. The molecule has 0 saturated carbocycles. The van der Waals surface area contributed by atoms with Crippen molar-refractivity contribution in [1.29, 1.82) is 5.41 Å². The van der Waals surface area contributed by atoms with Crippen molar-refractivity contribution < 1.29 is 20.1 Å². The third kappa shape index (κ3) is 2.40. The number of nitrogens with two attached hydrogens (primary N) is 1. The second kappa shape index (κ2) is 5.13. The first-order valence-corrected chi connectivity index (χ1v) is 5.72. The molecule has 0 unspecified atom stereocenters. The van der Waals surface area contributed by atoms with E-state index in [1.54, 1.807) is 6.92 Å². The minimum absolute atomic E-state index is 0.255. The monoisotopic (exact) mass is 271 g/mol. The average Bonchev–Trinajstić information content (AvgIpc) is 2.83. The Labute approximate surface area is 109 Å². The molecule has 1 aromatic rings. The van der Waals surface area contributed by atoms with Gasteiger partial charge in [0.25, 0.3) is 0 Å². The molecule has 9 heteroatoms. The normalized spacial score (nSPS) is 30.5. The van der Waals surface area contributed by atoms with Crippen LogP contribution in [0.5, 0.6) is 0 Å². The number of aliphatic hydroxyl groups is 3. The van der Waals surface area contributed by atoms with E-state index in [4.69, 9.17) is 21.0 Å². The molecule has 0 bridgehead atoms. The largest absolute Gasteiger partial charge is 0.394 e. The smallest absolute Gasteiger partial charge is 0.191 e. The van der Waals surface area contributed by atoms with E-state index >= 15 is 0 Å². The molecule has 19 heavy (non-hydrogen) atoms. The van der Waals surface area contributed by atoms with Crippen molar-refractivity contribution in [3.05, 3.63) is 12.0 Å². The molecule has 2 rings (SSSR count). The first kappa shape index (κ1) is 13.7. The summed E-state index contributed by atoms with van der Waals surface area (Å²) in [7, 11) is 0. The average molecular weight is 271 g/mol. The number of nitrogens with one attached hydrogen (secondary N) is 2. The molecule has 2 heterocycles. The number of aliphatic hydroxyl groups excluding tert-OH is 3. The molecule has 7 N–H and O–H groups in total. The number of rotatable bonds is 3. The Balaban J connectivity index is 2.23. The van der Waals surface area contributed by atoms with Gasteiger partial charge in [0.15, 0.2) is 18.0 Å². The predicted molar refractivity (Wildman–Crippen MR) is 65.5 cm³/mol. The Morgan fingerprint density at radius 3 is 2.79 bits per heavy atom. The fourth-order valence-corrected chi connectivity index (χ4v) is 2.04. The van der Waals surface area contributed by atoms with Crippen LogP contribution < -0.4 is 11.1 Å². The maximum Gasteiger partial charge on any atom is 0.191 e. The van der Waals surface area contributed by atoms with Gasteiger partial charge in [-0.2, -0.15) is 0 Å². The minimum Gasteiger partial charge on any atom is -0.394 e. The van der Waals surface area contributed by atoms with Gasteiger partial charge in [-0.1, -0.05) is 0 Å². The lowest BCUT2D eigenvalue weighted by molar-refractivity contribution is -0.0535. The lowest BCUT2D eigenvalue weighted by Gasteiger charge is -2.17. The van der Waals surface area contributed by atoms with Crippen LogP contribution >= 0.6 is 0 Å². The second-order valence-corrected chi connectivity index (χ2v) is 4.35. The molecule has 1 aliphatic heterocycles. The van der Waals surface area contributed by atoms with Gasteiger partial charge in [0.05, 0.1) is 18.6 Å². The quantitative estimate of drug-likeness (QED) is 0.278. The molecule has 0 spiro atoms. The van der Waals surface area contributed by atoms with Crippen LogP contribution in [0.3, 0.4) is 0 Å². The van der Waals surface area contributed by atoms with Crippen LogP contribution in [0.25, 0.3) is 0 Å². The van der Waals surface area contributed by atoms with Crippen LogP contribution in [0.15, 0.2) is 6.33 Å². The summed E-state index contributed by atoms with van der Waals surface area (Å²) in [6, 6.07) is 0.